The second-order valence-electron chi connectivity index (χ2n) is 9.86. The van der Waals surface area contributed by atoms with E-state index >= 15 is 0 Å². The number of rotatable bonds is 12. The van der Waals surface area contributed by atoms with Crippen molar-refractivity contribution < 1.29 is 26.8 Å². The van der Waals surface area contributed by atoms with Crippen LogP contribution in [0.3, 0.4) is 0 Å². The first kappa shape index (κ1) is 31.0. The monoisotopic (exact) mass is 591 g/mol. The molecule has 40 heavy (non-hydrogen) atoms. The van der Waals surface area contributed by atoms with Gasteiger partial charge in [0.1, 0.15) is 12.6 Å². The zero-order valence-electron chi connectivity index (χ0n) is 22.5. The minimum Gasteiger partial charge on any atom is -0.354 e. The number of nitrogens with zero attached hydrogens (tertiary/aromatic N) is 2. The normalized spacial score (nSPS) is 12.2. The fourth-order valence-electron chi connectivity index (χ4n) is 4.02. The van der Waals surface area contributed by atoms with Crippen LogP contribution in [0.25, 0.3) is 0 Å². The van der Waals surface area contributed by atoms with Gasteiger partial charge in [-0.15, -0.1) is 0 Å². The Kier molecular flexibility index (Phi) is 10.6. The predicted molar refractivity (Wildman–Crippen MR) is 152 cm³/mol. The lowest BCUT2D eigenvalue weighted by Crippen LogP contribution is -2.53. The molecule has 3 aromatic carbocycles. The van der Waals surface area contributed by atoms with E-state index in [1.54, 1.807) is 24.3 Å². The molecule has 0 aromatic heterocycles. The van der Waals surface area contributed by atoms with E-state index in [1.807, 2.05) is 44.2 Å². The van der Waals surface area contributed by atoms with Crippen LogP contribution in [-0.2, 0) is 32.6 Å². The van der Waals surface area contributed by atoms with Gasteiger partial charge in [-0.25, -0.2) is 17.2 Å². The van der Waals surface area contributed by atoms with E-state index in [0.29, 0.717) is 27.5 Å². The molecule has 1 atom stereocenters. The lowest BCUT2D eigenvalue weighted by Gasteiger charge is -2.33. The van der Waals surface area contributed by atoms with Crippen molar-refractivity contribution in [2.45, 2.75) is 32.9 Å². The minimum atomic E-state index is -4.10. The van der Waals surface area contributed by atoms with Gasteiger partial charge in [0.2, 0.25) is 21.8 Å². The molecule has 1 N–H and O–H groups in total. The fourth-order valence-corrected chi connectivity index (χ4v) is 4.98. The highest BCUT2D eigenvalue weighted by Crippen LogP contribution is 2.23. The topological polar surface area (TPSA) is 86.8 Å². The molecule has 0 heterocycles. The van der Waals surface area contributed by atoms with Gasteiger partial charge < -0.3 is 10.2 Å². The van der Waals surface area contributed by atoms with Gasteiger partial charge in [0.25, 0.3) is 0 Å². The van der Waals surface area contributed by atoms with E-state index in [4.69, 9.17) is 11.6 Å². The van der Waals surface area contributed by atoms with Crippen LogP contribution in [0.1, 0.15) is 25.0 Å². The third-order valence-corrected chi connectivity index (χ3v) is 7.48. The first-order valence-electron chi connectivity index (χ1n) is 12.6. The molecule has 0 spiro atoms. The smallest absolute Gasteiger partial charge is 0.244 e. The molecule has 0 saturated heterocycles. The van der Waals surface area contributed by atoms with Crippen LogP contribution in [0.15, 0.2) is 72.8 Å². The van der Waals surface area contributed by atoms with E-state index in [9.17, 15) is 26.8 Å². The molecule has 7 nitrogen and oxygen atoms in total. The molecule has 0 aliphatic heterocycles. The Morgan fingerprint density at radius 1 is 0.925 bits per heavy atom. The number of hydrogen-bond acceptors (Lipinski definition) is 4. The summed E-state index contributed by atoms with van der Waals surface area (Å²) in [6.07, 6.45) is 1.02. The number of sulfonamides is 1. The van der Waals surface area contributed by atoms with Crippen molar-refractivity contribution in [3.8, 4) is 0 Å². The highest BCUT2D eigenvalue weighted by molar-refractivity contribution is 7.92. The second-order valence-corrected chi connectivity index (χ2v) is 12.2. The zero-order chi connectivity index (χ0) is 29.4. The van der Waals surface area contributed by atoms with Gasteiger partial charge in [0.05, 0.1) is 11.9 Å². The van der Waals surface area contributed by atoms with Gasteiger partial charge in [-0.1, -0.05) is 67.9 Å². The Bertz CT molecular complexity index is 1420. The third-order valence-electron chi connectivity index (χ3n) is 6.09. The highest BCUT2D eigenvalue weighted by Gasteiger charge is 2.33. The number of nitrogens with one attached hydrogen (secondary N) is 1. The van der Waals surface area contributed by atoms with Crippen molar-refractivity contribution in [2.24, 2.45) is 5.92 Å². The molecular formula is C29H32ClF2N3O4S. The van der Waals surface area contributed by atoms with Gasteiger partial charge in [0.15, 0.2) is 11.6 Å². The SMILES string of the molecule is CC(C)CNC(=O)[C@@H](Cc1ccccc1)N(Cc1ccc(Cl)cc1)C(=O)CN(c1ccc(F)c(F)c1)S(C)(=O)=O. The maximum absolute atomic E-state index is 14.0. The van der Waals surface area contributed by atoms with Crippen LogP contribution in [0.5, 0.6) is 0 Å². The fraction of sp³-hybridized carbons (Fsp3) is 0.310. The van der Waals surface area contributed by atoms with Gasteiger partial charge in [-0.2, -0.15) is 0 Å². The van der Waals surface area contributed by atoms with E-state index < -0.39 is 46.1 Å². The summed E-state index contributed by atoms with van der Waals surface area (Å²) in [4.78, 5) is 28.8. The largest absolute Gasteiger partial charge is 0.354 e. The Hall–Kier alpha value is -3.50. The average molecular weight is 592 g/mol. The molecule has 0 saturated carbocycles. The number of carbonyl (C=O) groups excluding carboxylic acids is 2. The second kappa shape index (κ2) is 13.7. The maximum Gasteiger partial charge on any atom is 0.244 e. The van der Waals surface area contributed by atoms with E-state index in [2.05, 4.69) is 5.32 Å². The standard InChI is InChI=1S/C29H32ClF2N3O4S/c1-20(2)17-33-29(37)27(15-21-7-5-4-6-8-21)34(18-22-9-11-23(30)12-10-22)28(36)19-35(40(3,38)39)24-13-14-25(31)26(32)16-24/h4-14,16,20,27H,15,17-19H2,1-3H3,(H,33,37)/t27-/m1/s1. The predicted octanol–water partition coefficient (Wildman–Crippen LogP) is 4.80. The first-order chi connectivity index (χ1) is 18.8. The van der Waals surface area contributed by atoms with Gasteiger partial charge >= 0.3 is 0 Å². The highest BCUT2D eigenvalue weighted by atomic mass is 35.5. The summed E-state index contributed by atoms with van der Waals surface area (Å²) in [7, 11) is -4.10. The van der Waals surface area contributed by atoms with Crippen molar-refractivity contribution in [3.05, 3.63) is 101 Å². The summed E-state index contributed by atoms with van der Waals surface area (Å²) < 4.78 is 53.7. The van der Waals surface area contributed by atoms with Gasteiger partial charge in [-0.3, -0.25) is 13.9 Å². The summed E-state index contributed by atoms with van der Waals surface area (Å²) in [6.45, 7) is 3.49. The van der Waals surface area contributed by atoms with Crippen LogP contribution in [0.2, 0.25) is 5.02 Å². The molecule has 11 heteroatoms. The van der Waals surface area contributed by atoms with E-state index in [-0.39, 0.29) is 24.6 Å². The molecule has 0 aliphatic carbocycles. The lowest BCUT2D eigenvalue weighted by atomic mass is 10.0. The Morgan fingerprint density at radius 3 is 2.15 bits per heavy atom. The first-order valence-corrected chi connectivity index (χ1v) is 14.9. The van der Waals surface area contributed by atoms with Crippen LogP contribution in [0, 0.1) is 17.6 Å². The molecule has 3 aromatic rings. The number of amides is 2. The molecule has 0 aliphatic rings. The van der Waals surface area contributed by atoms with Gasteiger partial charge in [-0.05, 0) is 41.3 Å². The van der Waals surface area contributed by atoms with Crippen LogP contribution < -0.4 is 9.62 Å². The molecule has 214 valence electrons. The average Bonchev–Trinajstić information content (AvgIpc) is 2.90. The Labute approximate surface area is 238 Å². The number of halogens is 3. The minimum absolute atomic E-state index is 0.0298. The zero-order valence-corrected chi connectivity index (χ0v) is 24.1. The van der Waals surface area contributed by atoms with Crippen LogP contribution >= 0.6 is 11.6 Å². The van der Waals surface area contributed by atoms with E-state index in [1.165, 1.54) is 4.90 Å². The Balaban J connectivity index is 2.05. The third kappa shape index (κ3) is 8.76. The van der Waals surface area contributed by atoms with Gasteiger partial charge in [0, 0.05) is 30.6 Å². The number of benzene rings is 3. The van der Waals surface area contributed by atoms with Crippen LogP contribution in [-0.4, -0.2) is 50.5 Å². The summed E-state index contributed by atoms with van der Waals surface area (Å²) in [5, 5.41) is 3.37. The molecule has 0 fully saturated rings. The van der Waals surface area contributed by atoms with Crippen molar-refractivity contribution in [1.82, 2.24) is 10.2 Å². The molecule has 0 radical (unpaired) electrons. The summed E-state index contributed by atoms with van der Waals surface area (Å²) in [6, 6.07) is 17.4. The quantitative estimate of drug-likeness (QED) is 0.328. The van der Waals surface area contributed by atoms with E-state index in [0.717, 1.165) is 24.0 Å². The molecular weight excluding hydrogens is 560 g/mol. The molecule has 2 amide bonds. The Morgan fingerprint density at radius 2 is 1.57 bits per heavy atom. The van der Waals surface area contributed by atoms with Crippen molar-refractivity contribution in [3.63, 3.8) is 0 Å². The summed E-state index contributed by atoms with van der Waals surface area (Å²) in [5.74, 6) is -3.37. The van der Waals surface area contributed by atoms with Crippen molar-refractivity contribution >= 4 is 39.1 Å². The lowest BCUT2D eigenvalue weighted by molar-refractivity contribution is -0.140. The van der Waals surface area contributed by atoms with Crippen LogP contribution in [0.4, 0.5) is 14.5 Å². The molecule has 0 unspecified atom stereocenters. The summed E-state index contributed by atoms with van der Waals surface area (Å²) >= 11 is 6.04. The number of hydrogen-bond donors (Lipinski definition) is 1. The van der Waals surface area contributed by atoms with Crippen molar-refractivity contribution in [2.75, 3.05) is 23.7 Å². The van der Waals surface area contributed by atoms with Crippen molar-refractivity contribution in [1.29, 1.82) is 0 Å². The molecule has 3 rings (SSSR count). The number of carbonyl (C=O) groups is 2. The maximum atomic E-state index is 14.0. The number of anilines is 1. The molecule has 0 bridgehead atoms. The summed E-state index contributed by atoms with van der Waals surface area (Å²) in [5.41, 5.74) is 1.23.